The van der Waals surface area contributed by atoms with Gasteiger partial charge in [0.05, 0.1) is 12.3 Å². The number of carbonyl (C=O) groups excluding carboxylic acids is 2. The minimum atomic E-state index is -0.646. The molecule has 6 heteroatoms. The predicted octanol–water partition coefficient (Wildman–Crippen LogP) is 6.14. The van der Waals surface area contributed by atoms with Crippen LogP contribution < -0.4 is 4.74 Å². The summed E-state index contributed by atoms with van der Waals surface area (Å²) in [5.74, 6) is -1.16. The van der Waals surface area contributed by atoms with Crippen LogP contribution in [0, 0.1) is 17.7 Å². The van der Waals surface area contributed by atoms with Crippen LogP contribution in [0.3, 0.4) is 0 Å². The van der Waals surface area contributed by atoms with Gasteiger partial charge in [0, 0.05) is 5.92 Å². The monoisotopic (exact) mass is 472 g/mol. The van der Waals surface area contributed by atoms with Gasteiger partial charge in [0.25, 0.3) is 0 Å². The van der Waals surface area contributed by atoms with Gasteiger partial charge in [0.2, 0.25) is 0 Å². The molecule has 0 N–H and O–H groups in total. The van der Waals surface area contributed by atoms with Crippen LogP contribution in [0.5, 0.6) is 5.75 Å². The summed E-state index contributed by atoms with van der Waals surface area (Å²) < 4.78 is 30.8. The molecular formula is C28H37FO5. The van der Waals surface area contributed by atoms with Gasteiger partial charge in [-0.2, -0.15) is 0 Å². The van der Waals surface area contributed by atoms with E-state index in [4.69, 9.17) is 14.2 Å². The number of halogens is 1. The molecule has 0 aliphatic rings. The summed E-state index contributed by atoms with van der Waals surface area (Å²) in [4.78, 5) is 24.9. The standard InChI is InChI=1S/C28H37FO5/c1-7-22(18-21-13-15-23(29)16-14-21)26(33-24-11-9-8-10-12-24)20(3)32-27(31)19(2)17-25(30)34-28(4,5)6/h8-16,19-20,22,26H,7,17-18H2,1-6H3/t19-,20+,22-,26+/m1/s1. The van der Waals surface area contributed by atoms with Gasteiger partial charge < -0.3 is 14.2 Å². The Balaban J connectivity index is 2.14. The molecule has 0 bridgehead atoms. The van der Waals surface area contributed by atoms with Gasteiger partial charge in [-0.05, 0) is 70.4 Å². The van der Waals surface area contributed by atoms with Gasteiger partial charge >= 0.3 is 11.9 Å². The smallest absolute Gasteiger partial charge is 0.309 e. The molecule has 2 aromatic carbocycles. The maximum atomic E-state index is 13.4. The van der Waals surface area contributed by atoms with Gasteiger partial charge in [-0.25, -0.2) is 4.39 Å². The number of ether oxygens (including phenoxy) is 3. The van der Waals surface area contributed by atoms with Crippen molar-refractivity contribution in [3.05, 3.63) is 66.0 Å². The molecule has 0 aliphatic carbocycles. The van der Waals surface area contributed by atoms with Gasteiger partial charge in [0.1, 0.15) is 29.4 Å². The Morgan fingerprint density at radius 2 is 1.59 bits per heavy atom. The molecule has 0 heterocycles. The average molecular weight is 473 g/mol. The summed E-state index contributed by atoms with van der Waals surface area (Å²) in [6.45, 7) is 10.9. The third kappa shape index (κ3) is 9.16. The molecule has 0 fully saturated rings. The number of esters is 2. The van der Waals surface area contributed by atoms with Crippen LogP contribution in [-0.4, -0.2) is 29.7 Å². The lowest BCUT2D eigenvalue weighted by molar-refractivity contribution is -0.166. The highest BCUT2D eigenvalue weighted by Crippen LogP contribution is 2.26. The average Bonchev–Trinajstić information content (AvgIpc) is 2.76. The first-order valence-electron chi connectivity index (χ1n) is 11.9. The van der Waals surface area contributed by atoms with Gasteiger partial charge in [-0.15, -0.1) is 0 Å². The van der Waals surface area contributed by atoms with Gasteiger partial charge in [0.15, 0.2) is 0 Å². The quantitative estimate of drug-likeness (QED) is 0.368. The summed E-state index contributed by atoms with van der Waals surface area (Å²) in [6, 6.07) is 15.8. The fourth-order valence-electron chi connectivity index (χ4n) is 3.73. The molecule has 0 unspecified atom stereocenters. The Morgan fingerprint density at radius 3 is 2.15 bits per heavy atom. The van der Waals surface area contributed by atoms with Crippen molar-refractivity contribution in [2.75, 3.05) is 0 Å². The second-order valence-corrected chi connectivity index (χ2v) is 9.73. The second-order valence-electron chi connectivity index (χ2n) is 9.73. The van der Waals surface area contributed by atoms with E-state index in [2.05, 4.69) is 6.92 Å². The number of carbonyl (C=O) groups is 2. The van der Waals surface area contributed by atoms with Crippen molar-refractivity contribution in [2.45, 2.75) is 78.6 Å². The maximum absolute atomic E-state index is 13.4. The van der Waals surface area contributed by atoms with Crippen molar-refractivity contribution >= 4 is 11.9 Å². The highest BCUT2D eigenvalue weighted by atomic mass is 19.1. The molecule has 0 saturated carbocycles. The van der Waals surface area contributed by atoms with Crippen molar-refractivity contribution in [3.8, 4) is 5.75 Å². The van der Waals surface area contributed by atoms with Gasteiger partial charge in [-0.1, -0.05) is 44.2 Å². The van der Waals surface area contributed by atoms with Crippen molar-refractivity contribution in [2.24, 2.45) is 11.8 Å². The summed E-state index contributed by atoms with van der Waals surface area (Å²) in [6.07, 6.45) is 0.350. The fraction of sp³-hybridized carbons (Fsp3) is 0.500. The highest BCUT2D eigenvalue weighted by Gasteiger charge is 2.32. The molecule has 2 aromatic rings. The summed E-state index contributed by atoms with van der Waals surface area (Å²) in [7, 11) is 0. The van der Waals surface area contributed by atoms with Crippen LogP contribution in [0.2, 0.25) is 0 Å². The fourth-order valence-corrected chi connectivity index (χ4v) is 3.73. The Labute approximate surface area is 202 Å². The molecule has 4 atom stereocenters. The van der Waals surface area contributed by atoms with E-state index >= 15 is 0 Å². The van der Waals surface area contributed by atoms with E-state index in [9.17, 15) is 14.0 Å². The van der Waals surface area contributed by atoms with Crippen LogP contribution in [0.1, 0.15) is 59.9 Å². The molecular weight excluding hydrogens is 435 g/mol. The molecule has 0 saturated heterocycles. The largest absolute Gasteiger partial charge is 0.486 e. The summed E-state index contributed by atoms with van der Waals surface area (Å²) in [5.41, 5.74) is 0.365. The van der Waals surface area contributed by atoms with Crippen LogP contribution in [0.25, 0.3) is 0 Å². The SMILES string of the molecule is CC[C@H](Cc1ccc(F)cc1)[C@@H](Oc1ccccc1)[C@H](C)OC(=O)[C@H](C)CC(=O)OC(C)(C)C. The van der Waals surface area contributed by atoms with Crippen molar-refractivity contribution in [1.29, 1.82) is 0 Å². The lowest BCUT2D eigenvalue weighted by Gasteiger charge is -2.32. The number of rotatable bonds is 11. The minimum Gasteiger partial charge on any atom is -0.486 e. The van der Waals surface area contributed by atoms with Crippen molar-refractivity contribution < 1.29 is 28.2 Å². The zero-order valence-electron chi connectivity index (χ0n) is 21.0. The maximum Gasteiger partial charge on any atom is 0.309 e. The number of para-hydroxylation sites is 1. The predicted molar refractivity (Wildman–Crippen MR) is 130 cm³/mol. The molecule has 0 aromatic heterocycles. The molecule has 5 nitrogen and oxygen atoms in total. The third-order valence-corrected chi connectivity index (χ3v) is 5.48. The van der Waals surface area contributed by atoms with Crippen molar-refractivity contribution in [1.82, 2.24) is 0 Å². The summed E-state index contributed by atoms with van der Waals surface area (Å²) >= 11 is 0. The molecule has 0 aliphatic heterocycles. The summed E-state index contributed by atoms with van der Waals surface area (Å²) in [5, 5.41) is 0. The normalized spacial score (nSPS) is 15.0. The Morgan fingerprint density at radius 1 is 0.971 bits per heavy atom. The van der Waals surface area contributed by atoms with E-state index in [0.29, 0.717) is 12.2 Å². The van der Waals surface area contributed by atoms with Crippen LogP contribution >= 0.6 is 0 Å². The molecule has 0 amide bonds. The lowest BCUT2D eigenvalue weighted by atomic mass is 9.89. The topological polar surface area (TPSA) is 61.8 Å². The van der Waals surface area contributed by atoms with Crippen LogP contribution in [0.15, 0.2) is 54.6 Å². The second kappa shape index (κ2) is 12.5. The first kappa shape index (κ1) is 27.4. The number of benzene rings is 2. The molecule has 34 heavy (non-hydrogen) atoms. The van der Waals surface area contributed by atoms with E-state index in [0.717, 1.165) is 12.0 Å². The first-order chi connectivity index (χ1) is 16.0. The Hall–Kier alpha value is -2.89. The molecule has 2 rings (SSSR count). The van der Waals surface area contributed by atoms with Gasteiger partial charge in [-0.3, -0.25) is 9.59 Å². The third-order valence-electron chi connectivity index (χ3n) is 5.48. The highest BCUT2D eigenvalue weighted by molar-refractivity contribution is 5.79. The van der Waals surface area contributed by atoms with Crippen LogP contribution in [0.4, 0.5) is 4.39 Å². The minimum absolute atomic E-state index is 0.00892. The first-order valence-corrected chi connectivity index (χ1v) is 11.9. The van der Waals surface area contributed by atoms with Crippen molar-refractivity contribution in [3.63, 3.8) is 0 Å². The number of hydrogen-bond acceptors (Lipinski definition) is 5. The molecule has 186 valence electrons. The van der Waals surface area contributed by atoms with E-state index in [1.54, 1.807) is 46.8 Å². The number of hydrogen-bond donors (Lipinski definition) is 0. The Kier molecular flexibility index (Phi) is 10.1. The van der Waals surface area contributed by atoms with E-state index < -0.39 is 35.7 Å². The Bertz CT molecular complexity index is 905. The lowest BCUT2D eigenvalue weighted by Crippen LogP contribution is -2.41. The zero-order valence-corrected chi connectivity index (χ0v) is 21.0. The van der Waals surface area contributed by atoms with E-state index in [1.807, 2.05) is 30.3 Å². The molecule has 0 radical (unpaired) electrons. The van der Waals surface area contributed by atoms with E-state index in [-0.39, 0.29) is 18.2 Å². The van der Waals surface area contributed by atoms with Crippen LogP contribution in [-0.2, 0) is 25.5 Å². The zero-order chi connectivity index (χ0) is 25.3. The molecule has 0 spiro atoms. The van der Waals surface area contributed by atoms with E-state index in [1.165, 1.54) is 12.1 Å².